The van der Waals surface area contributed by atoms with Crippen LogP contribution in [0.15, 0.2) is 0 Å². The topological polar surface area (TPSA) is 70.7 Å². The molecule has 0 radical (unpaired) electrons. The Hall–Kier alpha value is -1.14. The molecule has 6 heteroatoms. The molecule has 0 unspecified atom stereocenters. The van der Waals surface area contributed by atoms with Gasteiger partial charge in [0.1, 0.15) is 6.04 Å². The van der Waals surface area contributed by atoms with E-state index in [1.165, 1.54) is 6.92 Å². The summed E-state index contributed by atoms with van der Waals surface area (Å²) < 4.78 is 5.73. The van der Waals surface area contributed by atoms with Gasteiger partial charge >= 0.3 is 0 Å². The van der Waals surface area contributed by atoms with Crippen molar-refractivity contribution < 1.29 is 14.3 Å². The van der Waals surface area contributed by atoms with Crippen molar-refractivity contribution in [2.45, 2.75) is 65.8 Å². The smallest absolute Gasteiger partial charge is 0.242 e. The highest BCUT2D eigenvalue weighted by Crippen LogP contribution is 2.13. The molecule has 0 bridgehead atoms. The third kappa shape index (κ3) is 5.93. The minimum Gasteiger partial charge on any atom is -0.373 e. The number of nitrogens with zero attached hydrogens (tertiary/aromatic N) is 1. The highest BCUT2D eigenvalue weighted by atomic mass is 16.5. The maximum absolute atomic E-state index is 12.3. The Morgan fingerprint density at radius 1 is 1.18 bits per heavy atom. The summed E-state index contributed by atoms with van der Waals surface area (Å²) in [5.74, 6) is -0.244. The van der Waals surface area contributed by atoms with Crippen molar-refractivity contribution >= 4 is 11.8 Å². The van der Waals surface area contributed by atoms with Crippen molar-refractivity contribution in [2.75, 3.05) is 19.6 Å². The number of carbonyl (C=O) groups is 2. The monoisotopic (exact) mass is 313 g/mol. The van der Waals surface area contributed by atoms with Crippen LogP contribution >= 0.6 is 0 Å². The van der Waals surface area contributed by atoms with Crippen molar-refractivity contribution in [1.29, 1.82) is 0 Å². The molecule has 1 rings (SSSR count). The summed E-state index contributed by atoms with van der Waals surface area (Å²) in [6.45, 7) is 13.8. The van der Waals surface area contributed by atoms with Crippen molar-refractivity contribution in [3.8, 4) is 0 Å². The Morgan fingerprint density at radius 3 is 2.18 bits per heavy atom. The summed E-state index contributed by atoms with van der Waals surface area (Å²) in [5, 5.41) is 5.67. The van der Waals surface area contributed by atoms with Gasteiger partial charge in [0.2, 0.25) is 11.8 Å². The van der Waals surface area contributed by atoms with E-state index in [1.807, 2.05) is 13.8 Å². The lowest BCUT2D eigenvalue weighted by Crippen LogP contribution is -2.55. The van der Waals surface area contributed by atoms with Gasteiger partial charge in [-0.1, -0.05) is 13.8 Å². The Morgan fingerprint density at radius 2 is 1.73 bits per heavy atom. The van der Waals surface area contributed by atoms with Gasteiger partial charge in [-0.05, 0) is 26.7 Å². The van der Waals surface area contributed by atoms with E-state index in [1.54, 1.807) is 0 Å². The van der Waals surface area contributed by atoms with E-state index in [9.17, 15) is 9.59 Å². The number of rotatable bonds is 6. The van der Waals surface area contributed by atoms with Crippen LogP contribution in [-0.2, 0) is 14.3 Å². The van der Waals surface area contributed by atoms with Gasteiger partial charge in [-0.3, -0.25) is 14.5 Å². The number of hydrogen-bond donors (Lipinski definition) is 2. The van der Waals surface area contributed by atoms with Gasteiger partial charge in [0.05, 0.1) is 12.2 Å². The number of carbonyl (C=O) groups excluding carboxylic acids is 2. The van der Waals surface area contributed by atoms with Gasteiger partial charge in [-0.15, -0.1) is 0 Å². The lowest BCUT2D eigenvalue weighted by Gasteiger charge is -2.39. The molecule has 1 aliphatic heterocycles. The van der Waals surface area contributed by atoms with E-state index in [0.29, 0.717) is 6.54 Å². The molecular weight excluding hydrogens is 282 g/mol. The standard InChI is InChI=1S/C16H31N3O3/c1-10(2)15(18-14(6)20)16(21)17-7-11(3)19-8-12(4)22-13(5)9-19/h10-13,15H,7-9H2,1-6H3,(H,17,21)(H,18,20)/t11-,12+,13+,15-/m0/s1. The second-order valence-corrected chi connectivity index (χ2v) is 6.73. The first-order valence-electron chi connectivity index (χ1n) is 8.15. The molecule has 2 amide bonds. The van der Waals surface area contributed by atoms with Crippen LogP contribution in [0.25, 0.3) is 0 Å². The highest BCUT2D eigenvalue weighted by molar-refractivity contribution is 5.87. The van der Waals surface area contributed by atoms with Crippen LogP contribution in [0.1, 0.15) is 41.5 Å². The van der Waals surface area contributed by atoms with E-state index in [0.717, 1.165) is 13.1 Å². The van der Waals surface area contributed by atoms with Crippen molar-refractivity contribution in [3.05, 3.63) is 0 Å². The van der Waals surface area contributed by atoms with E-state index in [-0.39, 0.29) is 36.0 Å². The van der Waals surface area contributed by atoms with E-state index in [2.05, 4.69) is 36.3 Å². The van der Waals surface area contributed by atoms with E-state index in [4.69, 9.17) is 4.74 Å². The SMILES string of the molecule is CC(=O)N[C@H](C(=O)NC[C@H](C)N1C[C@@H](C)O[C@H](C)C1)C(C)C. The molecule has 1 saturated heterocycles. The Labute approximate surface area is 134 Å². The first-order valence-corrected chi connectivity index (χ1v) is 8.15. The lowest BCUT2D eigenvalue weighted by molar-refractivity contribution is -0.129. The van der Waals surface area contributed by atoms with Crippen molar-refractivity contribution in [3.63, 3.8) is 0 Å². The molecule has 0 saturated carbocycles. The van der Waals surface area contributed by atoms with Crippen molar-refractivity contribution in [1.82, 2.24) is 15.5 Å². The summed E-state index contributed by atoms with van der Waals surface area (Å²) >= 11 is 0. The molecular formula is C16H31N3O3. The zero-order valence-electron chi connectivity index (χ0n) is 14.7. The minimum atomic E-state index is -0.479. The van der Waals surface area contributed by atoms with Crippen LogP contribution in [0.2, 0.25) is 0 Å². The normalized spacial score (nSPS) is 25.6. The fourth-order valence-electron chi connectivity index (χ4n) is 2.82. The quantitative estimate of drug-likeness (QED) is 0.759. The van der Waals surface area contributed by atoms with Gasteiger partial charge in [0.15, 0.2) is 0 Å². The predicted molar refractivity (Wildman–Crippen MR) is 86.5 cm³/mol. The highest BCUT2D eigenvalue weighted by Gasteiger charge is 2.27. The molecule has 2 N–H and O–H groups in total. The molecule has 4 atom stereocenters. The number of amides is 2. The van der Waals surface area contributed by atoms with Gasteiger partial charge in [0, 0.05) is 32.6 Å². The predicted octanol–water partition coefficient (Wildman–Crippen LogP) is 0.761. The second-order valence-electron chi connectivity index (χ2n) is 6.73. The van der Waals surface area contributed by atoms with E-state index >= 15 is 0 Å². The molecule has 128 valence electrons. The molecule has 1 fully saturated rings. The largest absolute Gasteiger partial charge is 0.373 e. The average molecular weight is 313 g/mol. The van der Waals surface area contributed by atoms with Gasteiger partial charge < -0.3 is 15.4 Å². The molecule has 22 heavy (non-hydrogen) atoms. The van der Waals surface area contributed by atoms with Crippen LogP contribution in [0.3, 0.4) is 0 Å². The molecule has 1 heterocycles. The molecule has 0 aromatic carbocycles. The number of morpholine rings is 1. The van der Waals surface area contributed by atoms with Crippen LogP contribution < -0.4 is 10.6 Å². The second kappa shape index (κ2) is 8.48. The maximum Gasteiger partial charge on any atom is 0.242 e. The maximum atomic E-state index is 12.3. The molecule has 1 aliphatic rings. The molecule has 0 aromatic rings. The Kier molecular flexibility index (Phi) is 7.29. The van der Waals surface area contributed by atoms with Crippen LogP contribution in [0.5, 0.6) is 0 Å². The summed E-state index contributed by atoms with van der Waals surface area (Å²) in [6, 6.07) is -0.241. The Bertz CT molecular complexity index is 377. The van der Waals surface area contributed by atoms with Gasteiger partial charge in [-0.25, -0.2) is 0 Å². The van der Waals surface area contributed by atoms with Crippen LogP contribution in [0, 0.1) is 5.92 Å². The first kappa shape index (κ1) is 18.9. The van der Waals surface area contributed by atoms with Crippen LogP contribution in [-0.4, -0.2) is 60.6 Å². The van der Waals surface area contributed by atoms with Gasteiger partial charge in [0.25, 0.3) is 0 Å². The number of hydrogen-bond acceptors (Lipinski definition) is 4. The third-order valence-electron chi connectivity index (χ3n) is 3.95. The van der Waals surface area contributed by atoms with E-state index < -0.39 is 6.04 Å². The zero-order valence-corrected chi connectivity index (χ0v) is 14.7. The summed E-state index contributed by atoms with van der Waals surface area (Å²) in [4.78, 5) is 25.8. The zero-order chi connectivity index (χ0) is 16.9. The molecule has 6 nitrogen and oxygen atoms in total. The summed E-state index contributed by atoms with van der Waals surface area (Å²) in [7, 11) is 0. The summed E-state index contributed by atoms with van der Waals surface area (Å²) in [5.41, 5.74) is 0. The molecule has 0 spiro atoms. The molecule has 0 aliphatic carbocycles. The van der Waals surface area contributed by atoms with Gasteiger partial charge in [-0.2, -0.15) is 0 Å². The molecule has 0 aromatic heterocycles. The van der Waals surface area contributed by atoms with Crippen LogP contribution in [0.4, 0.5) is 0 Å². The third-order valence-corrected chi connectivity index (χ3v) is 3.95. The Balaban J connectivity index is 2.49. The lowest BCUT2D eigenvalue weighted by atomic mass is 10.0. The fraction of sp³-hybridized carbons (Fsp3) is 0.875. The minimum absolute atomic E-state index is 0.0580. The number of ether oxygens (including phenoxy) is 1. The van der Waals surface area contributed by atoms with Crippen molar-refractivity contribution in [2.24, 2.45) is 5.92 Å². The average Bonchev–Trinajstić information content (AvgIpc) is 2.40. The summed E-state index contributed by atoms with van der Waals surface area (Å²) in [6.07, 6.45) is 0.425. The fourth-order valence-corrected chi connectivity index (χ4v) is 2.82. The first-order chi connectivity index (χ1) is 10.2. The number of nitrogens with one attached hydrogen (secondary N) is 2.